The van der Waals surface area contributed by atoms with Gasteiger partial charge in [-0.2, -0.15) is 0 Å². The van der Waals surface area contributed by atoms with Gasteiger partial charge in [-0.1, -0.05) is 46.3 Å². The number of sulfonamides is 1. The topological polar surface area (TPSA) is 65.1 Å². The highest BCUT2D eigenvalue weighted by atomic mass is 79.9. The summed E-state index contributed by atoms with van der Waals surface area (Å²) in [4.78, 5) is 0.162. The lowest BCUT2D eigenvalue weighted by atomic mass is 10.2. The number of hydrogen-bond acceptors (Lipinski definition) is 2. The smallest absolute Gasteiger partial charge is 0.240 e. The van der Waals surface area contributed by atoms with Crippen molar-refractivity contribution >= 4 is 36.9 Å². The van der Waals surface area contributed by atoms with E-state index in [1.165, 1.54) is 0 Å². The van der Waals surface area contributed by atoms with Crippen LogP contribution in [0.25, 0.3) is 10.9 Å². The zero-order valence-corrected chi connectivity index (χ0v) is 13.4. The Balaban J connectivity index is 2.13. The quantitative estimate of drug-likeness (QED) is 0.775. The van der Waals surface area contributed by atoms with E-state index in [4.69, 9.17) is 5.14 Å². The predicted octanol–water partition coefficient (Wildman–Crippen LogP) is 3.10. The summed E-state index contributed by atoms with van der Waals surface area (Å²) in [5.74, 6) is 0. The van der Waals surface area contributed by atoms with Crippen molar-refractivity contribution in [3.05, 3.63) is 64.8 Å². The van der Waals surface area contributed by atoms with Gasteiger partial charge in [-0.05, 0) is 23.8 Å². The van der Waals surface area contributed by atoms with Gasteiger partial charge in [-0.25, -0.2) is 13.6 Å². The van der Waals surface area contributed by atoms with Crippen LogP contribution in [0.3, 0.4) is 0 Å². The number of fused-ring (bicyclic) bond motifs is 1. The van der Waals surface area contributed by atoms with Crippen LogP contribution < -0.4 is 5.14 Å². The monoisotopic (exact) mass is 364 g/mol. The van der Waals surface area contributed by atoms with E-state index < -0.39 is 10.0 Å². The second-order valence-corrected chi connectivity index (χ2v) is 7.26. The zero-order valence-electron chi connectivity index (χ0n) is 11.0. The average Bonchev–Trinajstić information content (AvgIpc) is 2.81. The second kappa shape index (κ2) is 5.29. The Morgan fingerprint density at radius 3 is 2.38 bits per heavy atom. The predicted molar refractivity (Wildman–Crippen MR) is 86.6 cm³/mol. The Kier molecular flexibility index (Phi) is 3.61. The molecule has 0 saturated heterocycles. The van der Waals surface area contributed by atoms with Gasteiger partial charge in [-0.3, -0.25) is 0 Å². The number of para-hydroxylation sites is 1. The standard InChI is InChI=1S/C15H13BrN2O2S/c16-12-7-5-11(6-8-12)9-18-10-15(21(17,19)20)13-3-1-2-4-14(13)18/h1-8,10H,9H2,(H2,17,19,20). The molecule has 0 aliphatic carbocycles. The molecule has 3 rings (SSSR count). The summed E-state index contributed by atoms with van der Waals surface area (Å²) in [6.45, 7) is 0.587. The Hall–Kier alpha value is -1.63. The number of aromatic nitrogens is 1. The molecule has 6 heteroatoms. The van der Waals surface area contributed by atoms with E-state index in [2.05, 4.69) is 15.9 Å². The molecule has 0 bridgehead atoms. The maximum Gasteiger partial charge on any atom is 0.240 e. The normalized spacial score (nSPS) is 11.9. The third-order valence-corrected chi connectivity index (χ3v) is 4.79. The van der Waals surface area contributed by atoms with Gasteiger partial charge in [0.15, 0.2) is 0 Å². The molecular formula is C15H13BrN2O2S. The van der Waals surface area contributed by atoms with Gasteiger partial charge < -0.3 is 4.57 Å². The van der Waals surface area contributed by atoms with Crippen LogP contribution in [-0.2, 0) is 16.6 Å². The van der Waals surface area contributed by atoms with Crippen LogP contribution in [0.2, 0.25) is 0 Å². The lowest BCUT2D eigenvalue weighted by Crippen LogP contribution is -2.11. The summed E-state index contributed by atoms with van der Waals surface area (Å²) < 4.78 is 26.3. The molecule has 3 aromatic rings. The summed E-state index contributed by atoms with van der Waals surface area (Å²) in [6.07, 6.45) is 1.60. The molecule has 21 heavy (non-hydrogen) atoms. The number of benzene rings is 2. The molecule has 0 saturated carbocycles. The molecule has 2 N–H and O–H groups in total. The van der Waals surface area contributed by atoms with Gasteiger partial charge in [-0.15, -0.1) is 0 Å². The van der Waals surface area contributed by atoms with Crippen molar-refractivity contribution in [2.24, 2.45) is 5.14 Å². The van der Waals surface area contributed by atoms with Gasteiger partial charge in [0, 0.05) is 28.1 Å². The molecule has 0 atom stereocenters. The van der Waals surface area contributed by atoms with Crippen LogP contribution in [-0.4, -0.2) is 13.0 Å². The van der Waals surface area contributed by atoms with E-state index in [0.717, 1.165) is 15.6 Å². The van der Waals surface area contributed by atoms with Crippen molar-refractivity contribution in [2.45, 2.75) is 11.4 Å². The largest absolute Gasteiger partial charge is 0.342 e. The summed E-state index contributed by atoms with van der Waals surface area (Å²) in [7, 11) is -3.74. The molecule has 2 aromatic carbocycles. The van der Waals surface area contributed by atoms with Crippen molar-refractivity contribution in [2.75, 3.05) is 0 Å². The van der Waals surface area contributed by atoms with Crippen LogP contribution in [0.5, 0.6) is 0 Å². The van der Waals surface area contributed by atoms with E-state index in [0.29, 0.717) is 11.9 Å². The minimum absolute atomic E-state index is 0.162. The highest BCUT2D eigenvalue weighted by molar-refractivity contribution is 9.10. The summed E-state index contributed by atoms with van der Waals surface area (Å²) in [5, 5.41) is 5.95. The fourth-order valence-electron chi connectivity index (χ4n) is 2.36. The molecule has 4 nitrogen and oxygen atoms in total. The van der Waals surface area contributed by atoms with Gasteiger partial charge in [0.2, 0.25) is 10.0 Å². The second-order valence-electron chi connectivity index (χ2n) is 4.81. The van der Waals surface area contributed by atoms with Crippen LogP contribution in [0.4, 0.5) is 0 Å². The molecule has 1 aromatic heterocycles. The van der Waals surface area contributed by atoms with Gasteiger partial charge in [0.25, 0.3) is 0 Å². The Morgan fingerprint density at radius 2 is 1.71 bits per heavy atom. The maximum absolute atomic E-state index is 11.7. The van der Waals surface area contributed by atoms with E-state index in [-0.39, 0.29) is 4.90 Å². The molecule has 0 unspecified atom stereocenters. The minimum Gasteiger partial charge on any atom is -0.342 e. The fraction of sp³-hybridized carbons (Fsp3) is 0.0667. The first-order chi connectivity index (χ1) is 9.95. The SMILES string of the molecule is NS(=O)(=O)c1cn(Cc2ccc(Br)cc2)c2ccccc12. The first kappa shape index (κ1) is 14.3. The summed E-state index contributed by atoms with van der Waals surface area (Å²) >= 11 is 3.40. The van der Waals surface area contributed by atoms with E-state index in [1.807, 2.05) is 41.0 Å². The molecule has 0 aliphatic rings. The molecule has 0 radical (unpaired) electrons. The lowest BCUT2D eigenvalue weighted by Gasteiger charge is -2.05. The van der Waals surface area contributed by atoms with E-state index in [1.54, 1.807) is 18.3 Å². The van der Waals surface area contributed by atoms with Crippen molar-refractivity contribution in [1.29, 1.82) is 0 Å². The molecule has 0 spiro atoms. The van der Waals surface area contributed by atoms with Gasteiger partial charge in [0.05, 0.1) is 0 Å². The van der Waals surface area contributed by atoms with Crippen molar-refractivity contribution in [3.8, 4) is 0 Å². The van der Waals surface area contributed by atoms with Crippen LogP contribution >= 0.6 is 15.9 Å². The minimum atomic E-state index is -3.74. The van der Waals surface area contributed by atoms with E-state index >= 15 is 0 Å². The van der Waals surface area contributed by atoms with Gasteiger partial charge in [0.1, 0.15) is 4.90 Å². The van der Waals surface area contributed by atoms with Crippen molar-refractivity contribution in [3.63, 3.8) is 0 Å². The molecular weight excluding hydrogens is 352 g/mol. The number of hydrogen-bond donors (Lipinski definition) is 1. The molecule has 0 aliphatic heterocycles. The Bertz CT molecular complexity index is 899. The first-order valence-electron chi connectivity index (χ1n) is 6.30. The molecule has 0 fully saturated rings. The highest BCUT2D eigenvalue weighted by Gasteiger charge is 2.16. The number of nitrogens with two attached hydrogens (primary N) is 1. The fourth-order valence-corrected chi connectivity index (χ4v) is 3.37. The number of rotatable bonds is 3. The number of halogens is 1. The average molecular weight is 365 g/mol. The number of primary sulfonamides is 1. The molecule has 1 heterocycles. The van der Waals surface area contributed by atoms with Crippen LogP contribution in [0.1, 0.15) is 5.56 Å². The number of nitrogens with zero attached hydrogens (tertiary/aromatic N) is 1. The zero-order chi connectivity index (χ0) is 15.0. The van der Waals surface area contributed by atoms with E-state index in [9.17, 15) is 8.42 Å². The Labute approximate surface area is 131 Å². The van der Waals surface area contributed by atoms with Crippen LogP contribution in [0, 0.1) is 0 Å². The summed E-state index contributed by atoms with van der Waals surface area (Å²) in [6, 6.07) is 15.3. The van der Waals surface area contributed by atoms with Gasteiger partial charge >= 0.3 is 0 Å². The molecule has 108 valence electrons. The van der Waals surface area contributed by atoms with Crippen molar-refractivity contribution < 1.29 is 8.42 Å². The Morgan fingerprint density at radius 1 is 1.05 bits per heavy atom. The third-order valence-electron chi connectivity index (χ3n) is 3.32. The van der Waals surface area contributed by atoms with Crippen molar-refractivity contribution in [1.82, 2.24) is 4.57 Å². The third kappa shape index (κ3) is 2.88. The summed E-state index contributed by atoms with van der Waals surface area (Å²) in [5.41, 5.74) is 1.93. The van der Waals surface area contributed by atoms with Crippen LogP contribution in [0.15, 0.2) is 64.1 Å². The first-order valence-corrected chi connectivity index (χ1v) is 8.64. The molecule has 0 amide bonds. The lowest BCUT2D eigenvalue weighted by molar-refractivity contribution is 0.598. The maximum atomic E-state index is 11.7. The highest BCUT2D eigenvalue weighted by Crippen LogP contribution is 2.25.